The molecule has 162 valence electrons. The third kappa shape index (κ3) is 4.35. The zero-order valence-electron chi connectivity index (χ0n) is 16.5. The van der Waals surface area contributed by atoms with Crippen molar-refractivity contribution in [2.45, 2.75) is 12.5 Å². The summed E-state index contributed by atoms with van der Waals surface area (Å²) >= 11 is 1.38. The van der Waals surface area contributed by atoms with Crippen molar-refractivity contribution in [3.8, 4) is 0 Å². The number of amides is 1. The minimum Gasteiger partial charge on any atom is -0.384 e. The van der Waals surface area contributed by atoms with Gasteiger partial charge in [-0.3, -0.25) is 4.79 Å². The van der Waals surface area contributed by atoms with Crippen molar-refractivity contribution in [3.63, 3.8) is 0 Å². The normalized spacial score (nSPS) is 14.8. The van der Waals surface area contributed by atoms with Gasteiger partial charge in [0.1, 0.15) is 11.4 Å². The van der Waals surface area contributed by atoms with Gasteiger partial charge in [-0.1, -0.05) is 6.07 Å². The van der Waals surface area contributed by atoms with Crippen LogP contribution in [-0.2, 0) is 0 Å². The highest BCUT2D eigenvalue weighted by Crippen LogP contribution is 2.31. The monoisotopic (exact) mass is 448 g/mol. The molecular formula is C21H19F3N4O2S. The van der Waals surface area contributed by atoms with E-state index in [9.17, 15) is 23.1 Å². The van der Waals surface area contributed by atoms with E-state index >= 15 is 0 Å². The number of aliphatic hydroxyl groups is 1. The highest BCUT2D eigenvalue weighted by Gasteiger charge is 2.44. The van der Waals surface area contributed by atoms with Crippen molar-refractivity contribution in [3.05, 3.63) is 70.5 Å². The Kier molecular flexibility index (Phi) is 5.59. The van der Waals surface area contributed by atoms with E-state index in [-0.39, 0.29) is 30.9 Å². The van der Waals surface area contributed by atoms with E-state index in [2.05, 4.69) is 15.6 Å². The molecule has 1 aliphatic heterocycles. The largest absolute Gasteiger partial charge is 0.384 e. The van der Waals surface area contributed by atoms with Gasteiger partial charge in [-0.2, -0.15) is 0 Å². The minimum atomic E-state index is -1.29. The van der Waals surface area contributed by atoms with Gasteiger partial charge in [0.15, 0.2) is 16.8 Å². The lowest BCUT2D eigenvalue weighted by molar-refractivity contribution is -0.0706. The second-order valence-corrected chi connectivity index (χ2v) is 8.36. The lowest BCUT2D eigenvalue weighted by Crippen LogP contribution is -2.66. The maximum absolute atomic E-state index is 14.5. The number of halogens is 3. The molecule has 0 unspecified atom stereocenters. The molecule has 6 nitrogen and oxygen atoms in total. The van der Waals surface area contributed by atoms with Gasteiger partial charge in [0.2, 0.25) is 0 Å². The van der Waals surface area contributed by atoms with Crippen molar-refractivity contribution in [1.82, 2.24) is 9.88 Å². The number of carbonyl (C=O) groups is 1. The molecule has 0 spiro atoms. The first-order chi connectivity index (χ1) is 14.8. The van der Waals surface area contributed by atoms with E-state index in [0.717, 1.165) is 12.1 Å². The first-order valence-corrected chi connectivity index (χ1v) is 10.3. The predicted molar refractivity (Wildman–Crippen MR) is 112 cm³/mol. The molecule has 1 saturated heterocycles. The van der Waals surface area contributed by atoms with Gasteiger partial charge in [0, 0.05) is 18.1 Å². The first-order valence-electron chi connectivity index (χ1n) is 9.42. The second kappa shape index (κ2) is 8.20. The Hall–Kier alpha value is -3.11. The van der Waals surface area contributed by atoms with Crippen LogP contribution >= 0.6 is 11.3 Å². The van der Waals surface area contributed by atoms with E-state index in [4.69, 9.17) is 0 Å². The zero-order valence-corrected chi connectivity index (χ0v) is 17.3. The summed E-state index contributed by atoms with van der Waals surface area (Å²) in [7, 11) is 0. The van der Waals surface area contributed by atoms with Crippen LogP contribution in [0.5, 0.6) is 0 Å². The van der Waals surface area contributed by atoms with Crippen LogP contribution in [0.1, 0.15) is 15.9 Å². The summed E-state index contributed by atoms with van der Waals surface area (Å²) in [6.07, 6.45) is 1.63. The molecule has 3 N–H and O–H groups in total. The smallest absolute Gasteiger partial charge is 0.256 e. The SMILES string of the molecule is Cc1ccc(Nc2c(C(=O)N3CC(O)(CNc4nccs4)C3)ccc(F)c2F)c(F)c1. The average molecular weight is 448 g/mol. The van der Waals surface area contributed by atoms with Crippen LogP contribution in [-0.4, -0.2) is 46.1 Å². The van der Waals surface area contributed by atoms with Crippen LogP contribution in [0.4, 0.5) is 29.7 Å². The number of hydrogen-bond donors (Lipinski definition) is 3. The molecule has 2 aromatic carbocycles. The van der Waals surface area contributed by atoms with Gasteiger partial charge in [-0.25, -0.2) is 18.2 Å². The lowest BCUT2D eigenvalue weighted by Gasteiger charge is -2.46. The molecular weight excluding hydrogens is 429 g/mol. The molecule has 1 aromatic heterocycles. The number of thiazole rings is 1. The van der Waals surface area contributed by atoms with E-state index in [1.165, 1.54) is 28.4 Å². The number of nitrogens with one attached hydrogen (secondary N) is 2. The first kappa shape index (κ1) is 21.1. The lowest BCUT2D eigenvalue weighted by atomic mass is 9.93. The van der Waals surface area contributed by atoms with Gasteiger partial charge in [-0.15, -0.1) is 11.3 Å². The summed E-state index contributed by atoms with van der Waals surface area (Å²) in [5.41, 5.74) is -1.21. The molecule has 31 heavy (non-hydrogen) atoms. The fourth-order valence-electron chi connectivity index (χ4n) is 3.35. The van der Waals surface area contributed by atoms with Gasteiger partial charge in [-0.05, 0) is 36.8 Å². The maximum Gasteiger partial charge on any atom is 0.256 e. The van der Waals surface area contributed by atoms with Crippen LogP contribution in [0, 0.1) is 24.4 Å². The number of β-amino-alcohol motifs (C(OH)–C–C–N with tert-alkyl or cyclic N) is 1. The molecule has 2 heterocycles. The van der Waals surface area contributed by atoms with E-state index < -0.39 is 34.6 Å². The third-order valence-corrected chi connectivity index (χ3v) is 5.70. The number of anilines is 3. The van der Waals surface area contributed by atoms with E-state index in [1.807, 2.05) is 0 Å². The molecule has 10 heteroatoms. The van der Waals surface area contributed by atoms with Crippen LogP contribution in [0.3, 0.4) is 0 Å². The van der Waals surface area contributed by atoms with E-state index in [1.54, 1.807) is 24.6 Å². The molecule has 1 amide bonds. The summed E-state index contributed by atoms with van der Waals surface area (Å²) in [6.45, 7) is 1.88. The molecule has 4 rings (SSSR count). The van der Waals surface area contributed by atoms with Crippen molar-refractivity contribution >= 4 is 33.8 Å². The van der Waals surface area contributed by atoms with Crippen molar-refractivity contribution in [1.29, 1.82) is 0 Å². The summed E-state index contributed by atoms with van der Waals surface area (Å²) in [5.74, 6) is -3.71. The van der Waals surface area contributed by atoms with E-state index in [0.29, 0.717) is 10.7 Å². The molecule has 0 aliphatic carbocycles. The van der Waals surface area contributed by atoms with Crippen LogP contribution in [0.15, 0.2) is 41.9 Å². The van der Waals surface area contributed by atoms with Gasteiger partial charge < -0.3 is 20.6 Å². The minimum absolute atomic E-state index is 0.00152. The van der Waals surface area contributed by atoms with Gasteiger partial charge >= 0.3 is 0 Å². The molecule has 0 bridgehead atoms. The summed E-state index contributed by atoms with van der Waals surface area (Å²) in [6, 6.07) is 6.21. The maximum atomic E-state index is 14.5. The van der Waals surface area contributed by atoms with Crippen LogP contribution in [0.25, 0.3) is 0 Å². The highest BCUT2D eigenvalue weighted by molar-refractivity contribution is 7.13. The zero-order chi connectivity index (χ0) is 22.2. The Morgan fingerprint density at radius 1 is 1.23 bits per heavy atom. The third-order valence-electron chi connectivity index (χ3n) is 4.97. The number of aryl methyl sites for hydroxylation is 1. The van der Waals surface area contributed by atoms with Crippen molar-refractivity contribution in [2.24, 2.45) is 0 Å². The molecule has 3 aromatic rings. The number of hydrogen-bond acceptors (Lipinski definition) is 6. The molecule has 1 aliphatic rings. The second-order valence-electron chi connectivity index (χ2n) is 7.47. The fourth-order valence-corrected chi connectivity index (χ4v) is 3.88. The Morgan fingerprint density at radius 2 is 2.00 bits per heavy atom. The van der Waals surface area contributed by atoms with Crippen molar-refractivity contribution in [2.75, 3.05) is 30.3 Å². The number of benzene rings is 2. The Balaban J connectivity index is 1.51. The number of rotatable bonds is 6. The van der Waals surface area contributed by atoms with Crippen LogP contribution in [0.2, 0.25) is 0 Å². The molecule has 0 atom stereocenters. The Labute approximate surface area is 180 Å². The number of nitrogens with zero attached hydrogens (tertiary/aromatic N) is 2. The van der Waals surface area contributed by atoms with Gasteiger partial charge in [0.25, 0.3) is 5.91 Å². The van der Waals surface area contributed by atoms with Crippen LogP contribution < -0.4 is 10.6 Å². The molecule has 1 fully saturated rings. The fraction of sp³-hybridized carbons (Fsp3) is 0.238. The Bertz CT molecular complexity index is 1120. The topological polar surface area (TPSA) is 77.5 Å². The van der Waals surface area contributed by atoms with Crippen molar-refractivity contribution < 1.29 is 23.1 Å². The highest BCUT2D eigenvalue weighted by atomic mass is 32.1. The Morgan fingerprint density at radius 3 is 2.68 bits per heavy atom. The number of aromatic nitrogens is 1. The summed E-state index contributed by atoms with van der Waals surface area (Å²) in [5, 5.41) is 18.5. The predicted octanol–water partition coefficient (Wildman–Crippen LogP) is 3.91. The number of likely N-dealkylation sites (tertiary alicyclic amines) is 1. The number of carbonyl (C=O) groups excluding carboxylic acids is 1. The van der Waals surface area contributed by atoms with Gasteiger partial charge in [0.05, 0.1) is 30.0 Å². The molecule has 0 radical (unpaired) electrons. The molecule has 0 saturated carbocycles. The summed E-state index contributed by atoms with van der Waals surface area (Å²) < 4.78 is 42.6. The summed E-state index contributed by atoms with van der Waals surface area (Å²) in [4.78, 5) is 18.3. The standard InChI is InChI=1S/C21H19F3N4O2S/c1-12-2-5-16(15(23)8-12)27-18-13(3-4-14(22)17(18)24)19(29)28-10-21(30,11-28)9-26-20-25-6-7-31-20/h2-8,27,30H,9-11H2,1H3,(H,25,26). The quantitative estimate of drug-likeness (QED) is 0.533. The average Bonchev–Trinajstić information content (AvgIpc) is 3.23.